The first-order valence-corrected chi connectivity index (χ1v) is 14.1. The predicted octanol–water partition coefficient (Wildman–Crippen LogP) is 7.48. The lowest BCUT2D eigenvalue weighted by Crippen LogP contribution is -2.49. The van der Waals surface area contributed by atoms with Crippen LogP contribution in [0.15, 0.2) is 60.0 Å². The highest BCUT2D eigenvalue weighted by molar-refractivity contribution is 7.10. The Morgan fingerprint density at radius 3 is 2.36 bits per heavy atom. The Morgan fingerprint density at radius 2 is 1.74 bits per heavy atom. The molecule has 0 unspecified atom stereocenters. The molecule has 2 amide bonds. The second-order valence-corrected chi connectivity index (χ2v) is 12.2. The summed E-state index contributed by atoms with van der Waals surface area (Å²) >= 11 is 1.68. The van der Waals surface area contributed by atoms with Crippen molar-refractivity contribution >= 4 is 23.2 Å². The van der Waals surface area contributed by atoms with Gasteiger partial charge in [0.2, 0.25) is 5.91 Å². The molecule has 0 fully saturated rings. The maximum atomic E-state index is 13.9. The molecule has 2 heterocycles. The molecule has 4 nitrogen and oxygen atoms in total. The molecule has 0 radical (unpaired) electrons. The van der Waals surface area contributed by atoms with Crippen molar-refractivity contribution in [2.45, 2.75) is 71.1 Å². The molecule has 1 aliphatic rings. The van der Waals surface area contributed by atoms with Gasteiger partial charge in [0.25, 0.3) is 5.91 Å². The third-order valence-electron chi connectivity index (χ3n) is 7.50. The summed E-state index contributed by atoms with van der Waals surface area (Å²) in [6.45, 7) is 10.5. The van der Waals surface area contributed by atoms with Crippen LogP contribution >= 0.6 is 11.3 Å². The standard InChI is InChI=1S/C31H35F3N2O2S/c1-6-20(2)36(29(38)22-8-7-9-24(18-22)31(32,33)34)19-27(37)35-16-14-26-25(15-17-39-26)28(35)21-10-12-23(13-11-21)30(3,4)5/h7-13,15,17-18,20,28H,6,14,16,19H2,1-5H3/t20-,28+/m1/s1. The van der Waals surface area contributed by atoms with Crippen LogP contribution in [0.2, 0.25) is 0 Å². The normalized spacial score (nSPS) is 16.5. The Hall–Kier alpha value is -3.13. The molecule has 0 aliphatic carbocycles. The molecule has 2 atom stereocenters. The number of hydrogen-bond acceptors (Lipinski definition) is 3. The minimum atomic E-state index is -4.56. The van der Waals surface area contributed by atoms with Crippen molar-refractivity contribution in [3.63, 3.8) is 0 Å². The van der Waals surface area contributed by atoms with Crippen LogP contribution in [0, 0.1) is 0 Å². The molecule has 4 rings (SSSR count). The van der Waals surface area contributed by atoms with Gasteiger partial charge in [0.05, 0.1) is 11.6 Å². The fraction of sp³-hybridized carbons (Fsp3) is 0.419. The van der Waals surface area contributed by atoms with Crippen LogP contribution in [-0.4, -0.2) is 40.7 Å². The average molecular weight is 557 g/mol. The van der Waals surface area contributed by atoms with Crippen molar-refractivity contribution in [2.75, 3.05) is 13.1 Å². The Kier molecular flexibility index (Phi) is 8.26. The zero-order valence-corrected chi connectivity index (χ0v) is 23.8. The Balaban J connectivity index is 1.65. The van der Waals surface area contributed by atoms with Gasteiger partial charge in [-0.25, -0.2) is 0 Å². The summed E-state index contributed by atoms with van der Waals surface area (Å²) in [7, 11) is 0. The van der Waals surface area contributed by atoms with Crippen molar-refractivity contribution in [2.24, 2.45) is 0 Å². The van der Waals surface area contributed by atoms with Crippen molar-refractivity contribution in [3.8, 4) is 0 Å². The van der Waals surface area contributed by atoms with Crippen LogP contribution in [-0.2, 0) is 22.8 Å². The van der Waals surface area contributed by atoms with Gasteiger partial charge in [0.1, 0.15) is 6.54 Å². The quantitative estimate of drug-likeness (QED) is 0.316. The maximum absolute atomic E-state index is 13.9. The number of alkyl halides is 3. The number of carbonyl (C=O) groups is 2. The van der Waals surface area contributed by atoms with E-state index < -0.39 is 17.6 Å². The molecule has 0 bridgehead atoms. The number of benzene rings is 2. The van der Waals surface area contributed by atoms with Crippen molar-refractivity contribution in [1.29, 1.82) is 0 Å². The van der Waals surface area contributed by atoms with Crippen molar-refractivity contribution in [3.05, 3.63) is 92.7 Å². The number of fused-ring (bicyclic) bond motifs is 1. The van der Waals surface area contributed by atoms with Crippen molar-refractivity contribution in [1.82, 2.24) is 9.80 Å². The lowest BCUT2D eigenvalue weighted by Gasteiger charge is -2.38. The smallest absolute Gasteiger partial charge is 0.330 e. The predicted molar refractivity (Wildman–Crippen MR) is 149 cm³/mol. The molecule has 39 heavy (non-hydrogen) atoms. The fourth-order valence-electron chi connectivity index (χ4n) is 4.99. The average Bonchev–Trinajstić information content (AvgIpc) is 3.38. The van der Waals surface area contributed by atoms with Crippen LogP contribution in [0.1, 0.15) is 84.6 Å². The fourth-order valence-corrected chi connectivity index (χ4v) is 5.89. The first-order chi connectivity index (χ1) is 18.3. The van der Waals surface area contributed by atoms with Gasteiger partial charge in [-0.1, -0.05) is 58.0 Å². The van der Waals surface area contributed by atoms with Gasteiger partial charge in [-0.15, -0.1) is 11.3 Å². The van der Waals surface area contributed by atoms with Gasteiger partial charge in [-0.3, -0.25) is 9.59 Å². The highest BCUT2D eigenvalue weighted by Gasteiger charge is 2.36. The van der Waals surface area contributed by atoms with Crippen LogP contribution in [0.4, 0.5) is 13.2 Å². The van der Waals surface area contributed by atoms with E-state index in [2.05, 4.69) is 51.1 Å². The van der Waals surface area contributed by atoms with Crippen LogP contribution in [0.5, 0.6) is 0 Å². The number of carbonyl (C=O) groups excluding carboxylic acids is 2. The number of thiophene rings is 1. The molecule has 0 saturated carbocycles. The molecular formula is C31H35F3N2O2S. The molecule has 208 valence electrons. The largest absolute Gasteiger partial charge is 0.416 e. The van der Waals surface area contributed by atoms with E-state index in [1.165, 1.54) is 27.5 Å². The van der Waals surface area contributed by atoms with Crippen LogP contribution < -0.4 is 0 Å². The molecule has 0 saturated heterocycles. The molecule has 1 aliphatic heterocycles. The van der Waals surface area contributed by atoms with Crippen molar-refractivity contribution < 1.29 is 22.8 Å². The van der Waals surface area contributed by atoms with E-state index in [0.717, 1.165) is 29.7 Å². The van der Waals surface area contributed by atoms with Gasteiger partial charge in [0, 0.05) is 23.0 Å². The van der Waals surface area contributed by atoms with E-state index in [4.69, 9.17) is 0 Å². The molecule has 2 aromatic carbocycles. The number of amides is 2. The lowest BCUT2D eigenvalue weighted by molar-refractivity contribution is -0.137. The Bertz CT molecular complexity index is 1320. The summed E-state index contributed by atoms with van der Waals surface area (Å²) < 4.78 is 39.9. The van der Waals surface area contributed by atoms with E-state index in [1.54, 1.807) is 11.3 Å². The summed E-state index contributed by atoms with van der Waals surface area (Å²) in [5, 5.41) is 2.04. The summed E-state index contributed by atoms with van der Waals surface area (Å²) in [6, 6.07) is 14.2. The SMILES string of the molecule is CC[C@@H](C)N(CC(=O)N1CCc2sccc2[C@@H]1c1ccc(C(C)(C)C)cc1)C(=O)c1cccc(C(F)(F)F)c1. The second kappa shape index (κ2) is 11.2. The van der Waals surface area contributed by atoms with Gasteiger partial charge in [0.15, 0.2) is 0 Å². The minimum Gasteiger partial charge on any atom is -0.330 e. The summed E-state index contributed by atoms with van der Waals surface area (Å²) in [6.07, 6.45) is -3.28. The monoisotopic (exact) mass is 556 g/mol. The number of halogens is 3. The number of rotatable bonds is 6. The molecule has 8 heteroatoms. The number of hydrogen-bond donors (Lipinski definition) is 0. The summed E-state index contributed by atoms with van der Waals surface area (Å²) in [4.78, 5) is 31.8. The van der Waals surface area contributed by atoms with E-state index in [1.807, 2.05) is 24.1 Å². The summed E-state index contributed by atoms with van der Waals surface area (Å²) in [5.74, 6) is -0.805. The first kappa shape index (κ1) is 28.9. The first-order valence-electron chi connectivity index (χ1n) is 13.3. The zero-order valence-electron chi connectivity index (χ0n) is 23.0. The summed E-state index contributed by atoms with van der Waals surface area (Å²) in [5.41, 5.74) is 2.31. The maximum Gasteiger partial charge on any atom is 0.416 e. The van der Waals surface area contributed by atoms with Gasteiger partial charge >= 0.3 is 6.18 Å². The van der Waals surface area contributed by atoms with E-state index in [-0.39, 0.29) is 35.5 Å². The molecule has 0 N–H and O–H groups in total. The Labute approximate surface area is 232 Å². The lowest BCUT2D eigenvalue weighted by atomic mass is 9.85. The molecule has 3 aromatic rings. The highest BCUT2D eigenvalue weighted by Crippen LogP contribution is 2.39. The topological polar surface area (TPSA) is 40.6 Å². The zero-order chi connectivity index (χ0) is 28.5. The number of nitrogens with zero attached hydrogens (tertiary/aromatic N) is 2. The minimum absolute atomic E-state index is 0.00524. The molecule has 1 aromatic heterocycles. The van der Waals surface area contributed by atoms with Gasteiger partial charge < -0.3 is 9.80 Å². The van der Waals surface area contributed by atoms with Gasteiger partial charge in [-0.05, 0) is 71.5 Å². The third kappa shape index (κ3) is 6.21. The molecular weight excluding hydrogens is 521 g/mol. The van der Waals surface area contributed by atoms with E-state index in [0.29, 0.717) is 13.0 Å². The highest BCUT2D eigenvalue weighted by atomic mass is 32.1. The molecule has 0 spiro atoms. The Morgan fingerprint density at radius 1 is 1.05 bits per heavy atom. The van der Waals surface area contributed by atoms with Gasteiger partial charge in [-0.2, -0.15) is 13.2 Å². The third-order valence-corrected chi connectivity index (χ3v) is 8.50. The second-order valence-electron chi connectivity index (χ2n) is 11.2. The van der Waals surface area contributed by atoms with E-state index in [9.17, 15) is 22.8 Å². The van der Waals surface area contributed by atoms with E-state index >= 15 is 0 Å². The van der Waals surface area contributed by atoms with Crippen LogP contribution in [0.25, 0.3) is 0 Å². The van der Waals surface area contributed by atoms with Crippen LogP contribution in [0.3, 0.4) is 0 Å².